The van der Waals surface area contributed by atoms with E-state index in [1.165, 1.54) is 23.5 Å². The molecule has 0 saturated heterocycles. The predicted molar refractivity (Wildman–Crippen MR) is 70.9 cm³/mol. The van der Waals surface area contributed by atoms with Crippen molar-refractivity contribution in [3.05, 3.63) is 24.3 Å². The van der Waals surface area contributed by atoms with Crippen LogP contribution in [0.1, 0.15) is 6.92 Å². The van der Waals surface area contributed by atoms with Crippen LogP contribution in [0, 0.1) is 0 Å². The van der Waals surface area contributed by atoms with Gasteiger partial charge in [-0.15, -0.1) is 10.2 Å². The quantitative estimate of drug-likeness (QED) is 0.881. The van der Waals surface area contributed by atoms with E-state index in [1.807, 2.05) is 6.92 Å². The lowest BCUT2D eigenvalue weighted by Gasteiger charge is -1.99. The maximum Gasteiger partial charge on any atom is 0.238 e. The molecule has 3 N–H and O–H groups in total. The first-order valence-electron chi connectivity index (χ1n) is 5.21. The van der Waals surface area contributed by atoms with E-state index in [2.05, 4.69) is 15.5 Å². The van der Waals surface area contributed by atoms with Gasteiger partial charge in [0.05, 0.1) is 4.90 Å². The van der Waals surface area contributed by atoms with E-state index in [-0.39, 0.29) is 4.90 Å². The van der Waals surface area contributed by atoms with Gasteiger partial charge < -0.3 is 5.32 Å². The molecule has 6 nitrogen and oxygen atoms in total. The first-order valence-corrected chi connectivity index (χ1v) is 7.57. The van der Waals surface area contributed by atoms with Crippen molar-refractivity contribution in [3.8, 4) is 10.6 Å². The van der Waals surface area contributed by atoms with Gasteiger partial charge in [0.25, 0.3) is 0 Å². The van der Waals surface area contributed by atoms with Crippen molar-refractivity contribution in [3.63, 3.8) is 0 Å². The Morgan fingerprint density at radius 3 is 2.50 bits per heavy atom. The second-order valence-electron chi connectivity index (χ2n) is 3.51. The van der Waals surface area contributed by atoms with Crippen molar-refractivity contribution >= 4 is 26.5 Å². The zero-order chi connectivity index (χ0) is 13.2. The summed E-state index contributed by atoms with van der Waals surface area (Å²) in [4.78, 5) is 0.0858. The number of hydrogen-bond donors (Lipinski definition) is 2. The smallest absolute Gasteiger partial charge is 0.238 e. The molecule has 0 amide bonds. The van der Waals surface area contributed by atoms with E-state index < -0.39 is 10.0 Å². The number of nitrogens with zero attached hydrogens (tertiary/aromatic N) is 2. The molecule has 0 aliphatic rings. The number of benzene rings is 1. The lowest BCUT2D eigenvalue weighted by molar-refractivity contribution is 0.598. The molecule has 1 aromatic carbocycles. The summed E-state index contributed by atoms with van der Waals surface area (Å²) in [6.45, 7) is 2.75. The van der Waals surface area contributed by atoms with Crippen LogP contribution in [0.5, 0.6) is 0 Å². The van der Waals surface area contributed by atoms with Crippen LogP contribution in [0.3, 0.4) is 0 Å². The van der Waals surface area contributed by atoms with Gasteiger partial charge in [-0.2, -0.15) is 0 Å². The van der Waals surface area contributed by atoms with E-state index in [4.69, 9.17) is 5.14 Å². The highest BCUT2D eigenvalue weighted by Gasteiger charge is 2.09. The molecule has 0 unspecified atom stereocenters. The van der Waals surface area contributed by atoms with Crippen LogP contribution in [0.15, 0.2) is 29.2 Å². The number of sulfonamides is 1. The molecule has 0 saturated carbocycles. The summed E-state index contributed by atoms with van der Waals surface area (Å²) < 4.78 is 22.2. The van der Waals surface area contributed by atoms with Crippen molar-refractivity contribution in [2.45, 2.75) is 11.8 Å². The second kappa shape index (κ2) is 5.01. The monoisotopic (exact) mass is 284 g/mol. The van der Waals surface area contributed by atoms with Crippen molar-refractivity contribution in [1.29, 1.82) is 0 Å². The van der Waals surface area contributed by atoms with E-state index in [0.29, 0.717) is 0 Å². The van der Waals surface area contributed by atoms with Crippen LogP contribution < -0.4 is 10.5 Å². The Kier molecular flexibility index (Phi) is 3.60. The highest BCUT2D eigenvalue weighted by atomic mass is 32.2. The first kappa shape index (κ1) is 12.9. The summed E-state index contributed by atoms with van der Waals surface area (Å²) >= 11 is 1.41. The van der Waals surface area contributed by atoms with Crippen molar-refractivity contribution in [2.24, 2.45) is 5.14 Å². The number of hydrogen-bond acceptors (Lipinski definition) is 6. The minimum atomic E-state index is -3.65. The maximum absolute atomic E-state index is 11.1. The van der Waals surface area contributed by atoms with E-state index >= 15 is 0 Å². The van der Waals surface area contributed by atoms with E-state index in [0.717, 1.165) is 22.2 Å². The first-order chi connectivity index (χ1) is 8.50. The van der Waals surface area contributed by atoms with Gasteiger partial charge in [0, 0.05) is 12.1 Å². The van der Waals surface area contributed by atoms with Gasteiger partial charge in [0.1, 0.15) is 5.01 Å². The molecule has 0 aliphatic carbocycles. The molecular formula is C10H12N4O2S2. The fourth-order valence-corrected chi connectivity index (χ4v) is 2.68. The van der Waals surface area contributed by atoms with Crippen molar-refractivity contribution in [2.75, 3.05) is 11.9 Å². The number of nitrogens with one attached hydrogen (secondary N) is 1. The lowest BCUT2D eigenvalue weighted by atomic mass is 10.2. The predicted octanol–water partition coefficient (Wildman–Crippen LogP) is 1.28. The molecule has 8 heteroatoms. The Morgan fingerprint density at radius 2 is 1.94 bits per heavy atom. The molecule has 0 radical (unpaired) electrons. The van der Waals surface area contributed by atoms with Crippen LogP contribution in [-0.4, -0.2) is 25.2 Å². The molecule has 2 aromatic rings. The highest BCUT2D eigenvalue weighted by Crippen LogP contribution is 2.26. The maximum atomic E-state index is 11.1. The van der Waals surface area contributed by atoms with Gasteiger partial charge >= 0.3 is 0 Å². The summed E-state index contributed by atoms with van der Waals surface area (Å²) in [5, 5.41) is 17.5. The molecule has 0 atom stereocenters. The fraction of sp³-hybridized carbons (Fsp3) is 0.200. The zero-order valence-corrected chi connectivity index (χ0v) is 11.3. The van der Waals surface area contributed by atoms with Crippen LogP contribution in [0.2, 0.25) is 0 Å². The van der Waals surface area contributed by atoms with E-state index in [1.54, 1.807) is 12.1 Å². The molecule has 0 aliphatic heterocycles. The number of rotatable bonds is 4. The molecule has 96 valence electrons. The summed E-state index contributed by atoms with van der Waals surface area (Å²) in [5.41, 5.74) is 0.809. The third kappa shape index (κ3) is 2.84. The van der Waals surface area contributed by atoms with Crippen LogP contribution >= 0.6 is 11.3 Å². The summed E-state index contributed by atoms with van der Waals surface area (Å²) in [6, 6.07) is 6.24. The lowest BCUT2D eigenvalue weighted by Crippen LogP contribution is -2.11. The largest absolute Gasteiger partial charge is 0.360 e. The van der Waals surface area contributed by atoms with Crippen molar-refractivity contribution in [1.82, 2.24) is 10.2 Å². The average Bonchev–Trinajstić information content (AvgIpc) is 2.77. The molecule has 0 bridgehead atoms. The number of primary sulfonamides is 1. The average molecular weight is 284 g/mol. The third-order valence-corrected chi connectivity index (χ3v) is 4.04. The minimum absolute atomic E-state index is 0.0858. The van der Waals surface area contributed by atoms with Gasteiger partial charge in [-0.3, -0.25) is 0 Å². The molecular weight excluding hydrogens is 272 g/mol. The standard InChI is InChI=1S/C10H12N4O2S2/c1-2-12-10-14-13-9(17-10)7-3-5-8(6-4-7)18(11,15)16/h3-6H,2H2,1H3,(H,12,14)(H2,11,15,16). The molecule has 2 rings (SSSR count). The SMILES string of the molecule is CCNc1nnc(-c2ccc(S(N)(=O)=O)cc2)s1. The Morgan fingerprint density at radius 1 is 1.28 bits per heavy atom. The van der Waals surface area contributed by atoms with Gasteiger partial charge in [0.15, 0.2) is 0 Å². The summed E-state index contributed by atoms with van der Waals surface area (Å²) in [5.74, 6) is 0. The van der Waals surface area contributed by atoms with Gasteiger partial charge in [0.2, 0.25) is 15.2 Å². The van der Waals surface area contributed by atoms with Crippen LogP contribution in [-0.2, 0) is 10.0 Å². The van der Waals surface area contributed by atoms with Gasteiger partial charge in [-0.1, -0.05) is 23.5 Å². The van der Waals surface area contributed by atoms with Crippen LogP contribution in [0.25, 0.3) is 10.6 Å². The van der Waals surface area contributed by atoms with Gasteiger partial charge in [-0.25, -0.2) is 13.6 Å². The number of aromatic nitrogens is 2. The number of nitrogens with two attached hydrogens (primary N) is 1. The molecule has 1 heterocycles. The second-order valence-corrected chi connectivity index (χ2v) is 6.05. The third-order valence-electron chi connectivity index (χ3n) is 2.18. The fourth-order valence-electron chi connectivity index (χ4n) is 1.35. The van der Waals surface area contributed by atoms with Gasteiger partial charge in [-0.05, 0) is 19.1 Å². The molecule has 0 spiro atoms. The molecule has 0 fully saturated rings. The minimum Gasteiger partial charge on any atom is -0.360 e. The zero-order valence-electron chi connectivity index (χ0n) is 9.62. The van der Waals surface area contributed by atoms with E-state index in [9.17, 15) is 8.42 Å². The summed E-state index contributed by atoms with van der Waals surface area (Å²) in [6.07, 6.45) is 0. The number of anilines is 1. The highest BCUT2D eigenvalue weighted by molar-refractivity contribution is 7.89. The Balaban J connectivity index is 2.28. The van der Waals surface area contributed by atoms with Crippen molar-refractivity contribution < 1.29 is 8.42 Å². The normalized spacial score (nSPS) is 11.4. The Bertz CT molecular complexity index is 634. The molecule has 18 heavy (non-hydrogen) atoms. The summed E-state index contributed by atoms with van der Waals surface area (Å²) in [7, 11) is -3.65. The van der Waals surface area contributed by atoms with Crippen LogP contribution in [0.4, 0.5) is 5.13 Å². The molecule has 1 aromatic heterocycles. The topological polar surface area (TPSA) is 98.0 Å². The Labute approximate surface area is 109 Å². The Hall–Kier alpha value is -1.51.